The lowest BCUT2D eigenvalue weighted by Crippen LogP contribution is -2.12. The van der Waals surface area contributed by atoms with Gasteiger partial charge in [0.1, 0.15) is 0 Å². The van der Waals surface area contributed by atoms with Crippen molar-refractivity contribution in [3.63, 3.8) is 0 Å². The van der Waals surface area contributed by atoms with Gasteiger partial charge in [-0.05, 0) is 37.8 Å². The van der Waals surface area contributed by atoms with Crippen LogP contribution in [0, 0.1) is 17.8 Å². The zero-order valence-corrected chi connectivity index (χ0v) is 7.35. The fraction of sp³-hybridized carbons (Fsp3) is 1.00. The lowest BCUT2D eigenvalue weighted by molar-refractivity contribution is 0.455. The van der Waals surface area contributed by atoms with Crippen LogP contribution in [0.4, 0.5) is 0 Å². The maximum absolute atomic E-state index is 3.24. The Kier molecular flexibility index (Phi) is 2.72. The highest BCUT2D eigenvalue weighted by Crippen LogP contribution is 2.44. The lowest BCUT2D eigenvalue weighted by atomic mass is 10.0. The quantitative estimate of drug-likeness (QED) is 0.630. The van der Waals surface area contributed by atoms with Gasteiger partial charge in [-0.3, -0.25) is 0 Å². The molecule has 0 heterocycles. The summed E-state index contributed by atoms with van der Waals surface area (Å²) in [5.41, 5.74) is 0. The Labute approximate surface area is 64.2 Å². The van der Waals surface area contributed by atoms with Gasteiger partial charge in [0.25, 0.3) is 0 Å². The minimum Gasteiger partial charge on any atom is -0.319 e. The Balaban J connectivity index is 2.12. The van der Waals surface area contributed by atoms with E-state index in [-0.39, 0.29) is 0 Å². The van der Waals surface area contributed by atoms with Crippen molar-refractivity contribution in [2.75, 3.05) is 13.6 Å². The predicted octanol–water partition coefficient (Wildman–Crippen LogP) is 1.89. The molecule has 0 aromatic rings. The van der Waals surface area contributed by atoms with Crippen LogP contribution in [0.5, 0.6) is 0 Å². The van der Waals surface area contributed by atoms with Crippen LogP contribution in [-0.2, 0) is 0 Å². The summed E-state index contributed by atoms with van der Waals surface area (Å²) in [5.74, 6) is 3.00. The van der Waals surface area contributed by atoms with Gasteiger partial charge in [0.2, 0.25) is 0 Å². The van der Waals surface area contributed by atoms with Crippen molar-refractivity contribution < 1.29 is 0 Å². The van der Waals surface area contributed by atoms with Gasteiger partial charge in [-0.15, -0.1) is 0 Å². The summed E-state index contributed by atoms with van der Waals surface area (Å²) in [6.07, 6.45) is 2.82. The van der Waals surface area contributed by atoms with E-state index in [4.69, 9.17) is 0 Å². The lowest BCUT2D eigenvalue weighted by Gasteiger charge is -2.06. The Morgan fingerprint density at radius 1 is 1.60 bits per heavy atom. The Hall–Kier alpha value is -0.0400. The molecule has 0 radical (unpaired) electrons. The first kappa shape index (κ1) is 8.06. The fourth-order valence-corrected chi connectivity index (χ4v) is 1.77. The molecule has 1 heteroatoms. The second-order valence-electron chi connectivity index (χ2n) is 3.60. The SMILES string of the molecule is CCC(C)C1CC1CNC. The molecule has 10 heavy (non-hydrogen) atoms. The first-order chi connectivity index (χ1) is 4.79. The van der Waals surface area contributed by atoms with E-state index < -0.39 is 0 Å². The Bertz CT molecular complexity index is 101. The second kappa shape index (κ2) is 3.38. The van der Waals surface area contributed by atoms with Gasteiger partial charge in [-0.2, -0.15) is 0 Å². The van der Waals surface area contributed by atoms with Crippen LogP contribution in [0.1, 0.15) is 26.7 Å². The van der Waals surface area contributed by atoms with E-state index in [1.807, 2.05) is 7.05 Å². The largest absolute Gasteiger partial charge is 0.319 e. The maximum atomic E-state index is 3.24. The van der Waals surface area contributed by atoms with Crippen molar-refractivity contribution in [1.29, 1.82) is 0 Å². The molecule has 1 aliphatic carbocycles. The van der Waals surface area contributed by atoms with Gasteiger partial charge in [0, 0.05) is 0 Å². The molecular formula is C9H19N. The van der Waals surface area contributed by atoms with Crippen molar-refractivity contribution in [3.8, 4) is 0 Å². The van der Waals surface area contributed by atoms with E-state index in [1.165, 1.54) is 19.4 Å². The Morgan fingerprint density at radius 3 is 2.80 bits per heavy atom. The van der Waals surface area contributed by atoms with Crippen molar-refractivity contribution in [3.05, 3.63) is 0 Å². The highest BCUT2D eigenvalue weighted by Gasteiger charge is 2.39. The molecule has 1 aliphatic rings. The minimum absolute atomic E-state index is 0.957. The molecule has 3 unspecified atom stereocenters. The summed E-state index contributed by atoms with van der Waals surface area (Å²) in [4.78, 5) is 0. The monoisotopic (exact) mass is 141 g/mol. The molecular weight excluding hydrogens is 122 g/mol. The average molecular weight is 141 g/mol. The van der Waals surface area contributed by atoms with Crippen LogP contribution >= 0.6 is 0 Å². The summed E-state index contributed by atoms with van der Waals surface area (Å²) >= 11 is 0. The van der Waals surface area contributed by atoms with Gasteiger partial charge in [-0.25, -0.2) is 0 Å². The number of rotatable bonds is 4. The second-order valence-corrected chi connectivity index (χ2v) is 3.60. The number of hydrogen-bond acceptors (Lipinski definition) is 1. The third-order valence-corrected chi connectivity index (χ3v) is 2.82. The van der Waals surface area contributed by atoms with Crippen molar-refractivity contribution in [2.24, 2.45) is 17.8 Å². The molecule has 0 aliphatic heterocycles. The topological polar surface area (TPSA) is 12.0 Å². The summed E-state index contributed by atoms with van der Waals surface area (Å²) in [5, 5.41) is 3.24. The van der Waals surface area contributed by atoms with Crippen LogP contribution in [0.25, 0.3) is 0 Å². The molecule has 1 nitrogen and oxygen atoms in total. The smallest absolute Gasteiger partial charge is 0.00207 e. The molecule has 1 fully saturated rings. The van der Waals surface area contributed by atoms with E-state index in [0.29, 0.717) is 0 Å². The van der Waals surface area contributed by atoms with Gasteiger partial charge in [0.05, 0.1) is 0 Å². The first-order valence-corrected chi connectivity index (χ1v) is 4.44. The zero-order chi connectivity index (χ0) is 7.56. The molecule has 1 rings (SSSR count). The van der Waals surface area contributed by atoms with E-state index >= 15 is 0 Å². The molecule has 0 spiro atoms. The predicted molar refractivity (Wildman–Crippen MR) is 45.0 cm³/mol. The third-order valence-electron chi connectivity index (χ3n) is 2.82. The van der Waals surface area contributed by atoms with E-state index in [2.05, 4.69) is 19.2 Å². The molecule has 60 valence electrons. The van der Waals surface area contributed by atoms with E-state index in [1.54, 1.807) is 0 Å². The highest BCUT2D eigenvalue weighted by molar-refractivity contribution is 4.90. The first-order valence-electron chi connectivity index (χ1n) is 4.44. The summed E-state index contributed by atoms with van der Waals surface area (Å²) in [6.45, 7) is 5.90. The molecule has 0 saturated heterocycles. The normalized spacial score (nSPS) is 33.9. The molecule has 1 saturated carbocycles. The molecule has 0 aromatic heterocycles. The summed E-state index contributed by atoms with van der Waals surface area (Å²) in [6, 6.07) is 0. The van der Waals surface area contributed by atoms with Gasteiger partial charge >= 0.3 is 0 Å². The highest BCUT2D eigenvalue weighted by atomic mass is 14.8. The van der Waals surface area contributed by atoms with E-state index in [9.17, 15) is 0 Å². The van der Waals surface area contributed by atoms with Crippen molar-refractivity contribution >= 4 is 0 Å². The number of nitrogens with one attached hydrogen (secondary N) is 1. The maximum Gasteiger partial charge on any atom is -0.00207 e. The molecule has 3 atom stereocenters. The van der Waals surface area contributed by atoms with E-state index in [0.717, 1.165) is 17.8 Å². The van der Waals surface area contributed by atoms with Crippen LogP contribution in [0.2, 0.25) is 0 Å². The molecule has 0 bridgehead atoms. The zero-order valence-electron chi connectivity index (χ0n) is 7.35. The van der Waals surface area contributed by atoms with Crippen LogP contribution in [0.3, 0.4) is 0 Å². The minimum atomic E-state index is 0.957. The average Bonchev–Trinajstić information content (AvgIpc) is 2.67. The molecule has 1 N–H and O–H groups in total. The molecule has 0 amide bonds. The van der Waals surface area contributed by atoms with Crippen LogP contribution in [-0.4, -0.2) is 13.6 Å². The summed E-state index contributed by atoms with van der Waals surface area (Å²) in [7, 11) is 2.05. The van der Waals surface area contributed by atoms with Crippen LogP contribution in [0.15, 0.2) is 0 Å². The van der Waals surface area contributed by atoms with Crippen molar-refractivity contribution in [1.82, 2.24) is 5.32 Å². The third kappa shape index (κ3) is 1.72. The fourth-order valence-electron chi connectivity index (χ4n) is 1.77. The van der Waals surface area contributed by atoms with Gasteiger partial charge in [0.15, 0.2) is 0 Å². The Morgan fingerprint density at radius 2 is 2.30 bits per heavy atom. The standard InChI is InChI=1S/C9H19N/c1-4-7(2)9-5-8(9)6-10-3/h7-10H,4-6H2,1-3H3. The van der Waals surface area contributed by atoms with Gasteiger partial charge in [-0.1, -0.05) is 20.3 Å². The van der Waals surface area contributed by atoms with Crippen molar-refractivity contribution in [2.45, 2.75) is 26.7 Å². The van der Waals surface area contributed by atoms with Gasteiger partial charge < -0.3 is 5.32 Å². The summed E-state index contributed by atoms with van der Waals surface area (Å²) < 4.78 is 0. The molecule has 0 aromatic carbocycles. The number of hydrogen-bond donors (Lipinski definition) is 1. The van der Waals surface area contributed by atoms with Crippen LogP contribution < -0.4 is 5.32 Å².